The second-order valence-electron chi connectivity index (χ2n) is 21.3. The van der Waals surface area contributed by atoms with Crippen LogP contribution in [0.15, 0.2) is 109 Å². The van der Waals surface area contributed by atoms with Crippen molar-refractivity contribution >= 4 is 65.7 Å². The maximum Gasteiger partial charge on any atom is 0.308 e. The third-order valence-electron chi connectivity index (χ3n) is 13.8. The highest BCUT2D eigenvalue weighted by molar-refractivity contribution is 5.77. The van der Waals surface area contributed by atoms with Crippen LogP contribution in [-0.4, -0.2) is 84.0 Å². The van der Waals surface area contributed by atoms with Crippen LogP contribution in [0.25, 0.3) is 0 Å². The molecule has 0 aliphatic carbocycles. The SMILES string of the molecule is CC(=O)Oc1ccc2c(c1)O[C@H](c1ccc(OC(C)=O)c(OC(C)=O)c1)[C@@H](O[C@H]1c3ccc(OC(C)=O)cc3O[C@H](c3ccc(OC(C)=O)c(OC(C)=O)c3)[C@H]1O[C@H]1c3ccc(OC(C)=O)cc3O[C@H](c3ccc(OC(C)=O)c(OC(C)=O)c3)[C@H]1OC(C)=O)[C@H]2OC(C)=O. The summed E-state index contributed by atoms with van der Waals surface area (Å²) in [6, 6.07) is 24.8. The summed E-state index contributed by atoms with van der Waals surface area (Å²) in [6.07, 6.45) is -14.3. The zero-order valence-corrected chi connectivity index (χ0v) is 52.1. The molecule has 94 heavy (non-hydrogen) atoms. The van der Waals surface area contributed by atoms with Crippen molar-refractivity contribution in [3.05, 3.63) is 143 Å². The molecule has 6 aromatic rings. The molecule has 9 rings (SSSR count). The lowest BCUT2D eigenvalue weighted by Gasteiger charge is -2.47. The van der Waals surface area contributed by atoms with Gasteiger partial charge in [-0.05, 0) is 83.9 Å². The molecule has 0 spiro atoms. The highest BCUT2D eigenvalue weighted by Gasteiger charge is 2.53. The molecule has 0 radical (unpaired) electrons. The molecule has 27 nitrogen and oxygen atoms in total. The Hall–Kier alpha value is -11.2. The van der Waals surface area contributed by atoms with Crippen molar-refractivity contribution in [1.82, 2.24) is 0 Å². The van der Waals surface area contributed by atoms with E-state index in [4.69, 9.17) is 75.8 Å². The van der Waals surface area contributed by atoms with Gasteiger partial charge in [0.2, 0.25) is 0 Å². The van der Waals surface area contributed by atoms with Crippen molar-refractivity contribution in [3.63, 3.8) is 0 Å². The predicted molar refractivity (Wildman–Crippen MR) is 316 cm³/mol. The first-order valence-corrected chi connectivity index (χ1v) is 28.7. The maximum absolute atomic E-state index is 13.7. The average Bonchev–Trinajstić information content (AvgIpc) is 0.745. The summed E-state index contributed by atoms with van der Waals surface area (Å²) >= 11 is 0. The number of hydrogen-bond donors (Lipinski definition) is 0. The van der Waals surface area contributed by atoms with E-state index in [9.17, 15) is 52.7 Å². The summed E-state index contributed by atoms with van der Waals surface area (Å²) in [4.78, 5) is 140. The minimum Gasteiger partial charge on any atom is -0.482 e. The summed E-state index contributed by atoms with van der Waals surface area (Å²) in [5.41, 5.74) is 0.697. The third kappa shape index (κ3) is 16.1. The van der Waals surface area contributed by atoms with E-state index in [1.54, 1.807) is 0 Å². The molecule has 0 aromatic heterocycles. The van der Waals surface area contributed by atoms with Gasteiger partial charge < -0.3 is 75.8 Å². The van der Waals surface area contributed by atoms with E-state index in [1.165, 1.54) is 123 Å². The summed E-state index contributed by atoms with van der Waals surface area (Å²) in [6.45, 7) is 12.4. The molecule has 0 saturated heterocycles. The van der Waals surface area contributed by atoms with Gasteiger partial charge in [0.05, 0.1) is 0 Å². The number of esters is 11. The Morgan fingerprint density at radius 3 is 0.830 bits per heavy atom. The summed E-state index contributed by atoms with van der Waals surface area (Å²) in [5, 5.41) is 0. The van der Waals surface area contributed by atoms with Gasteiger partial charge in [0, 0.05) is 117 Å². The van der Waals surface area contributed by atoms with Crippen LogP contribution in [-0.2, 0) is 71.7 Å². The molecule has 0 amide bonds. The summed E-state index contributed by atoms with van der Waals surface area (Å²) in [7, 11) is 0. The first-order valence-electron chi connectivity index (χ1n) is 28.7. The standard InChI is InChI=1S/C67H60O27/c1-30(68)79-44-15-18-47-53(27-44)91-60(42-13-22-51(83-34(5)72)57(25-42)86-37(8)75)66(62(47)88-39(10)77)94-64-49-20-17-46(81-32(3)70)29-55(49)92-61(43-14-23-52(84-35(6)73)58(26-43)87-38(9)76)67(64)93-63-48-19-16-45(80-31(2)69)28-54(48)90-59(65(63)89-40(11)78)41-12-21-50(82-33(4)71)56(24-41)85-36(7)74/h12-29,59-67H,1-11H3/t59-,60-,61-,62+,63+,64+,65-,66-,67-/m1/s1. The molecule has 27 heteroatoms. The minimum atomic E-state index is -1.70. The highest BCUT2D eigenvalue weighted by Crippen LogP contribution is 2.56. The van der Waals surface area contributed by atoms with Gasteiger partial charge in [-0.15, -0.1) is 0 Å². The lowest BCUT2D eigenvalue weighted by molar-refractivity contribution is -0.232. The summed E-state index contributed by atoms with van der Waals surface area (Å²) < 4.78 is 97.7. The molecule has 9 atom stereocenters. The second kappa shape index (κ2) is 28.5. The zero-order chi connectivity index (χ0) is 68.0. The van der Waals surface area contributed by atoms with Crippen molar-refractivity contribution < 1.29 is 129 Å². The Bertz CT molecular complexity index is 4050. The first-order chi connectivity index (χ1) is 44.6. The van der Waals surface area contributed by atoms with Gasteiger partial charge in [0.15, 0.2) is 65.0 Å². The topological polar surface area (TPSA) is 335 Å². The molecular formula is C67H60O27. The van der Waals surface area contributed by atoms with Crippen LogP contribution in [0.5, 0.6) is 69.0 Å². The summed E-state index contributed by atoms with van der Waals surface area (Å²) in [5.74, 6) is -10.3. The van der Waals surface area contributed by atoms with Crippen LogP contribution in [0.2, 0.25) is 0 Å². The van der Waals surface area contributed by atoms with Gasteiger partial charge in [-0.3, -0.25) is 52.7 Å². The minimum absolute atomic E-state index is 0.00291. The zero-order valence-electron chi connectivity index (χ0n) is 52.1. The van der Waals surface area contributed by atoms with E-state index in [0.29, 0.717) is 0 Å². The number of rotatable bonds is 18. The number of ether oxygens (including phenoxy) is 16. The molecule has 0 unspecified atom stereocenters. The van der Waals surface area contributed by atoms with Gasteiger partial charge in [-0.2, -0.15) is 0 Å². The predicted octanol–water partition coefficient (Wildman–Crippen LogP) is 9.20. The molecule has 0 N–H and O–H groups in total. The molecular weight excluding hydrogens is 1240 g/mol. The van der Waals surface area contributed by atoms with Crippen molar-refractivity contribution in [1.29, 1.82) is 0 Å². The average molecular weight is 1300 g/mol. The Balaban J connectivity index is 1.35. The van der Waals surface area contributed by atoms with Gasteiger partial charge in [0.1, 0.15) is 58.9 Å². The molecule has 3 aliphatic heterocycles. The van der Waals surface area contributed by atoms with E-state index in [0.717, 1.165) is 62.3 Å². The van der Waals surface area contributed by atoms with Crippen molar-refractivity contribution in [2.75, 3.05) is 0 Å². The Kier molecular flexibility index (Phi) is 20.4. The smallest absolute Gasteiger partial charge is 0.308 e. The molecule has 3 aliphatic rings. The Morgan fingerprint density at radius 2 is 0.532 bits per heavy atom. The molecule has 0 saturated carbocycles. The fraction of sp³-hybridized carbons (Fsp3) is 0.299. The van der Waals surface area contributed by atoms with E-state index >= 15 is 0 Å². The number of carbonyl (C=O) groups excluding carboxylic acids is 11. The quantitative estimate of drug-likeness (QED) is 0.0571. The number of hydrogen-bond acceptors (Lipinski definition) is 27. The van der Waals surface area contributed by atoms with Crippen LogP contribution in [0, 0.1) is 0 Å². The number of carbonyl (C=O) groups is 11. The third-order valence-corrected chi connectivity index (χ3v) is 13.8. The fourth-order valence-corrected chi connectivity index (χ4v) is 10.7. The number of benzene rings is 6. The van der Waals surface area contributed by atoms with Crippen LogP contribution >= 0.6 is 0 Å². The van der Waals surface area contributed by atoms with Crippen LogP contribution in [0.4, 0.5) is 0 Å². The molecule has 3 heterocycles. The maximum atomic E-state index is 13.7. The van der Waals surface area contributed by atoms with Crippen molar-refractivity contribution in [2.45, 2.75) is 131 Å². The normalized spacial score (nSPS) is 19.7. The molecule has 6 aromatic carbocycles. The van der Waals surface area contributed by atoms with Gasteiger partial charge in [-0.25, -0.2) is 0 Å². The Labute approximate surface area is 535 Å². The largest absolute Gasteiger partial charge is 0.482 e. The first kappa shape index (κ1) is 67.2. The Morgan fingerprint density at radius 1 is 0.266 bits per heavy atom. The van der Waals surface area contributed by atoms with Crippen LogP contribution in [0.3, 0.4) is 0 Å². The lowest BCUT2D eigenvalue weighted by atomic mass is 9.87. The van der Waals surface area contributed by atoms with Crippen molar-refractivity contribution in [3.8, 4) is 69.0 Å². The van der Waals surface area contributed by atoms with Gasteiger partial charge >= 0.3 is 65.7 Å². The molecule has 0 bridgehead atoms. The van der Waals surface area contributed by atoms with Crippen LogP contribution in [0.1, 0.15) is 146 Å². The highest BCUT2D eigenvalue weighted by atomic mass is 16.6. The van der Waals surface area contributed by atoms with E-state index < -0.39 is 121 Å². The van der Waals surface area contributed by atoms with Gasteiger partial charge in [0.25, 0.3) is 0 Å². The van der Waals surface area contributed by atoms with Crippen LogP contribution < -0.4 is 56.8 Å². The molecule has 0 fully saturated rings. The number of fused-ring (bicyclic) bond motifs is 3. The van der Waals surface area contributed by atoms with E-state index in [2.05, 4.69) is 0 Å². The monoisotopic (exact) mass is 1300 g/mol. The van der Waals surface area contributed by atoms with E-state index in [-0.39, 0.29) is 102 Å². The fourth-order valence-electron chi connectivity index (χ4n) is 10.7. The van der Waals surface area contributed by atoms with Gasteiger partial charge in [-0.1, -0.05) is 18.2 Å². The second-order valence-corrected chi connectivity index (χ2v) is 21.3. The van der Waals surface area contributed by atoms with Crippen molar-refractivity contribution in [2.24, 2.45) is 0 Å². The molecule has 490 valence electrons. The lowest BCUT2D eigenvalue weighted by Crippen LogP contribution is -2.47. The van der Waals surface area contributed by atoms with E-state index in [1.807, 2.05) is 0 Å².